The molecule has 0 aromatic carbocycles. The predicted octanol–water partition coefficient (Wildman–Crippen LogP) is 2.55. The molecule has 0 bridgehead atoms. The molecule has 5 heteroatoms. The van der Waals surface area contributed by atoms with Crippen molar-refractivity contribution in [3.8, 4) is 0 Å². The minimum atomic E-state index is -0.537. The average Bonchev–Trinajstić information content (AvgIpc) is 2.84. The van der Waals surface area contributed by atoms with Crippen LogP contribution in [0.3, 0.4) is 0 Å². The lowest BCUT2D eigenvalue weighted by Crippen LogP contribution is -2.21. The average molecular weight is 296 g/mol. The van der Waals surface area contributed by atoms with Gasteiger partial charge in [-0.2, -0.15) is 0 Å². The normalized spacial score (nSPS) is 16.2. The van der Waals surface area contributed by atoms with Crippen LogP contribution in [0.4, 0.5) is 0 Å². The minimum absolute atomic E-state index is 0.131. The summed E-state index contributed by atoms with van der Waals surface area (Å²) in [4.78, 5) is 23.9. The molecule has 0 aromatic rings. The van der Waals surface area contributed by atoms with E-state index in [1.165, 1.54) is 0 Å². The topological polar surface area (TPSA) is 61.8 Å². The second-order valence-corrected chi connectivity index (χ2v) is 4.83. The number of ketones is 1. The molecule has 1 atom stereocenters. The van der Waals surface area contributed by atoms with Crippen LogP contribution in [0.15, 0.2) is 23.8 Å². The van der Waals surface area contributed by atoms with Crippen molar-refractivity contribution in [2.75, 3.05) is 20.5 Å². The number of rotatable bonds is 10. The predicted molar refractivity (Wildman–Crippen MR) is 78.7 cm³/mol. The summed E-state index contributed by atoms with van der Waals surface area (Å²) in [5.74, 6) is -0.692. The van der Waals surface area contributed by atoms with E-state index in [-0.39, 0.29) is 30.9 Å². The molecule has 1 rings (SSSR count). The summed E-state index contributed by atoms with van der Waals surface area (Å²) >= 11 is 0. The number of ether oxygens (including phenoxy) is 3. The molecular formula is C16H24O5. The van der Waals surface area contributed by atoms with Crippen LogP contribution < -0.4 is 0 Å². The second-order valence-electron chi connectivity index (χ2n) is 4.83. The molecule has 21 heavy (non-hydrogen) atoms. The third kappa shape index (κ3) is 5.10. The van der Waals surface area contributed by atoms with E-state index < -0.39 is 5.97 Å². The van der Waals surface area contributed by atoms with Crippen LogP contribution in [0.25, 0.3) is 0 Å². The Labute approximate surface area is 125 Å². The molecule has 1 aliphatic carbocycles. The quantitative estimate of drug-likeness (QED) is 0.204. The van der Waals surface area contributed by atoms with Crippen LogP contribution in [0.2, 0.25) is 0 Å². The Morgan fingerprint density at radius 2 is 2.19 bits per heavy atom. The highest BCUT2D eigenvalue weighted by Crippen LogP contribution is 2.30. The van der Waals surface area contributed by atoms with Crippen molar-refractivity contribution in [3.05, 3.63) is 23.8 Å². The van der Waals surface area contributed by atoms with Crippen molar-refractivity contribution in [2.24, 2.45) is 0 Å². The number of hydrogen-bond acceptors (Lipinski definition) is 5. The molecule has 0 aromatic heterocycles. The molecule has 0 amide bonds. The van der Waals surface area contributed by atoms with E-state index in [1.54, 1.807) is 14.0 Å². The maximum atomic E-state index is 12.0. The summed E-state index contributed by atoms with van der Waals surface area (Å²) < 4.78 is 15.6. The van der Waals surface area contributed by atoms with Crippen molar-refractivity contribution in [2.45, 2.75) is 45.1 Å². The molecule has 0 radical (unpaired) electrons. The molecular weight excluding hydrogens is 272 g/mol. The van der Waals surface area contributed by atoms with E-state index in [0.29, 0.717) is 12.8 Å². The monoisotopic (exact) mass is 296 g/mol. The second kappa shape index (κ2) is 9.47. The lowest BCUT2D eigenvalue weighted by molar-refractivity contribution is -0.140. The van der Waals surface area contributed by atoms with Crippen LogP contribution in [0.1, 0.15) is 39.0 Å². The molecule has 0 heterocycles. The van der Waals surface area contributed by atoms with Gasteiger partial charge in [0.1, 0.15) is 12.4 Å². The van der Waals surface area contributed by atoms with E-state index in [4.69, 9.17) is 14.2 Å². The van der Waals surface area contributed by atoms with Crippen molar-refractivity contribution in [1.29, 1.82) is 0 Å². The number of methoxy groups -OCH3 is 1. The van der Waals surface area contributed by atoms with E-state index in [1.807, 2.05) is 6.08 Å². The lowest BCUT2D eigenvalue weighted by Gasteiger charge is -2.19. The Kier molecular flexibility index (Phi) is 7.93. The summed E-state index contributed by atoms with van der Waals surface area (Å²) in [6.07, 6.45) is 4.92. The zero-order chi connectivity index (χ0) is 15.7. The van der Waals surface area contributed by atoms with Gasteiger partial charge in [-0.05, 0) is 38.2 Å². The first-order valence-electron chi connectivity index (χ1n) is 7.30. The largest absolute Gasteiger partial charge is 0.462 e. The van der Waals surface area contributed by atoms with Gasteiger partial charge in [-0.25, -0.2) is 4.79 Å². The Morgan fingerprint density at radius 1 is 1.43 bits per heavy atom. The fourth-order valence-electron chi connectivity index (χ4n) is 2.40. The molecule has 0 spiro atoms. The number of Topliss-reactive ketones (excluding diaryl/α,β-unsaturated/α-hetero) is 1. The van der Waals surface area contributed by atoms with Gasteiger partial charge in [0.05, 0.1) is 12.7 Å². The summed E-state index contributed by atoms with van der Waals surface area (Å²) in [5, 5.41) is 0. The van der Waals surface area contributed by atoms with Crippen LogP contribution >= 0.6 is 0 Å². The molecule has 5 nitrogen and oxygen atoms in total. The van der Waals surface area contributed by atoms with E-state index in [0.717, 1.165) is 24.8 Å². The maximum absolute atomic E-state index is 12.0. The van der Waals surface area contributed by atoms with Crippen molar-refractivity contribution < 1.29 is 23.8 Å². The van der Waals surface area contributed by atoms with E-state index in [9.17, 15) is 9.59 Å². The molecule has 0 N–H and O–H groups in total. The van der Waals surface area contributed by atoms with Gasteiger partial charge < -0.3 is 14.2 Å². The Morgan fingerprint density at radius 3 is 2.81 bits per heavy atom. The maximum Gasteiger partial charge on any atom is 0.341 e. The van der Waals surface area contributed by atoms with Crippen molar-refractivity contribution >= 4 is 11.8 Å². The van der Waals surface area contributed by atoms with Crippen LogP contribution in [0, 0.1) is 0 Å². The Balaban J connectivity index is 2.91. The minimum Gasteiger partial charge on any atom is -0.462 e. The van der Waals surface area contributed by atoms with Crippen molar-refractivity contribution in [3.63, 3.8) is 0 Å². The number of unbranched alkanes of at least 4 members (excludes halogenated alkanes) is 1. The SMILES string of the molecule is C=CCCCC(OCOC)C1=C(C(=O)OCC)C(=O)CC1. The Bertz CT molecular complexity index is 411. The van der Waals surface area contributed by atoms with Gasteiger partial charge in [-0.15, -0.1) is 6.58 Å². The highest BCUT2D eigenvalue weighted by molar-refractivity contribution is 6.19. The highest BCUT2D eigenvalue weighted by Gasteiger charge is 2.33. The van der Waals surface area contributed by atoms with Gasteiger partial charge in [0.25, 0.3) is 0 Å². The molecule has 1 unspecified atom stereocenters. The van der Waals surface area contributed by atoms with Gasteiger partial charge in [0.2, 0.25) is 0 Å². The van der Waals surface area contributed by atoms with E-state index in [2.05, 4.69) is 6.58 Å². The summed E-state index contributed by atoms with van der Waals surface area (Å²) in [5.41, 5.74) is 0.927. The summed E-state index contributed by atoms with van der Waals surface area (Å²) in [6, 6.07) is 0. The molecule has 0 fully saturated rings. The number of carbonyl (C=O) groups is 2. The van der Waals surface area contributed by atoms with Gasteiger partial charge in [-0.1, -0.05) is 6.08 Å². The lowest BCUT2D eigenvalue weighted by atomic mass is 10.00. The first-order chi connectivity index (χ1) is 10.2. The van der Waals surface area contributed by atoms with Crippen molar-refractivity contribution in [1.82, 2.24) is 0 Å². The third-order valence-electron chi connectivity index (χ3n) is 3.35. The smallest absolute Gasteiger partial charge is 0.341 e. The van der Waals surface area contributed by atoms with Gasteiger partial charge in [0, 0.05) is 13.5 Å². The Hall–Kier alpha value is -1.46. The van der Waals surface area contributed by atoms with Gasteiger partial charge in [-0.3, -0.25) is 4.79 Å². The molecule has 0 saturated heterocycles. The van der Waals surface area contributed by atoms with Crippen LogP contribution in [-0.4, -0.2) is 38.4 Å². The van der Waals surface area contributed by atoms with Crippen LogP contribution in [-0.2, 0) is 23.8 Å². The van der Waals surface area contributed by atoms with Gasteiger partial charge >= 0.3 is 5.97 Å². The first kappa shape index (κ1) is 17.6. The zero-order valence-corrected chi connectivity index (χ0v) is 12.9. The standard InChI is InChI=1S/C16H24O5/c1-4-6-7-8-14(21-11-19-3)12-9-10-13(17)15(12)16(18)20-5-2/h4,14H,1,5-11H2,2-3H3. The number of allylic oxidation sites excluding steroid dienone is 1. The summed E-state index contributed by atoms with van der Waals surface area (Å²) in [6.45, 7) is 5.80. The summed E-state index contributed by atoms with van der Waals surface area (Å²) in [7, 11) is 1.54. The molecule has 0 saturated carbocycles. The number of esters is 1. The zero-order valence-electron chi connectivity index (χ0n) is 12.9. The molecule has 0 aliphatic heterocycles. The number of carbonyl (C=O) groups excluding carboxylic acids is 2. The molecule has 118 valence electrons. The third-order valence-corrected chi connectivity index (χ3v) is 3.35. The fraction of sp³-hybridized carbons (Fsp3) is 0.625. The highest BCUT2D eigenvalue weighted by atomic mass is 16.7. The van der Waals surface area contributed by atoms with Crippen LogP contribution in [0.5, 0.6) is 0 Å². The number of hydrogen-bond donors (Lipinski definition) is 0. The molecule has 1 aliphatic rings. The van der Waals surface area contributed by atoms with E-state index >= 15 is 0 Å². The fourth-order valence-corrected chi connectivity index (χ4v) is 2.40. The first-order valence-corrected chi connectivity index (χ1v) is 7.30. The van der Waals surface area contributed by atoms with Gasteiger partial charge in [0.15, 0.2) is 5.78 Å².